The van der Waals surface area contributed by atoms with Gasteiger partial charge < -0.3 is 9.47 Å². The molecule has 2 aromatic carbocycles. The van der Waals surface area contributed by atoms with Crippen LogP contribution in [0.3, 0.4) is 0 Å². The SMILES string of the molecule is C[Si](C)(C)CCOCn1c(-c2ccccn2)nc2cc(Oc3ccc(S(C)(=O)=O)cc3)c(C=O)cc21. The number of benzene rings is 2. The number of carbonyl (C=O) groups excluding carboxylic acids is 1. The molecule has 0 fully saturated rings. The summed E-state index contributed by atoms with van der Waals surface area (Å²) in [5.41, 5.74) is 2.38. The molecule has 8 nitrogen and oxygen atoms in total. The lowest BCUT2D eigenvalue weighted by Gasteiger charge is -2.16. The molecule has 0 spiro atoms. The third kappa shape index (κ3) is 6.07. The summed E-state index contributed by atoms with van der Waals surface area (Å²) >= 11 is 0. The Morgan fingerprint density at radius 2 is 1.81 bits per heavy atom. The van der Waals surface area contributed by atoms with E-state index in [4.69, 9.17) is 14.5 Å². The van der Waals surface area contributed by atoms with Crippen LogP contribution in [0, 0.1) is 0 Å². The van der Waals surface area contributed by atoms with Crippen molar-refractivity contribution in [2.75, 3.05) is 12.9 Å². The fourth-order valence-corrected chi connectivity index (χ4v) is 4.97. The number of aromatic nitrogens is 3. The molecule has 188 valence electrons. The number of ether oxygens (including phenoxy) is 2. The minimum Gasteiger partial charge on any atom is -0.457 e. The molecule has 0 amide bonds. The molecule has 0 N–H and O–H groups in total. The van der Waals surface area contributed by atoms with Crippen molar-refractivity contribution in [1.29, 1.82) is 0 Å². The molecule has 0 atom stereocenters. The van der Waals surface area contributed by atoms with Crippen LogP contribution in [0.5, 0.6) is 11.5 Å². The third-order valence-electron chi connectivity index (χ3n) is 5.60. The average Bonchev–Trinajstić information content (AvgIpc) is 3.18. The van der Waals surface area contributed by atoms with Gasteiger partial charge in [-0.3, -0.25) is 14.3 Å². The van der Waals surface area contributed by atoms with Crippen LogP contribution >= 0.6 is 0 Å². The Morgan fingerprint density at radius 3 is 2.42 bits per heavy atom. The van der Waals surface area contributed by atoms with Crippen LogP contribution in [0.15, 0.2) is 65.7 Å². The van der Waals surface area contributed by atoms with Gasteiger partial charge in [0.1, 0.15) is 23.9 Å². The highest BCUT2D eigenvalue weighted by Crippen LogP contribution is 2.32. The maximum Gasteiger partial charge on any atom is 0.175 e. The predicted molar refractivity (Wildman–Crippen MR) is 142 cm³/mol. The number of hydrogen-bond donors (Lipinski definition) is 0. The van der Waals surface area contributed by atoms with E-state index in [2.05, 4.69) is 24.6 Å². The summed E-state index contributed by atoms with van der Waals surface area (Å²) in [7, 11) is -4.56. The maximum absolute atomic E-state index is 12.0. The molecule has 0 aliphatic rings. The topological polar surface area (TPSA) is 100 Å². The number of aldehydes is 1. The molecular formula is C26H29N3O5SSi. The van der Waals surface area contributed by atoms with E-state index < -0.39 is 17.9 Å². The highest BCUT2D eigenvalue weighted by Gasteiger charge is 2.18. The van der Waals surface area contributed by atoms with E-state index in [1.165, 1.54) is 12.1 Å². The molecular weight excluding hydrogens is 494 g/mol. The average molecular weight is 524 g/mol. The lowest BCUT2D eigenvalue weighted by Crippen LogP contribution is -2.22. The number of pyridine rings is 1. The van der Waals surface area contributed by atoms with Crippen molar-refractivity contribution in [1.82, 2.24) is 14.5 Å². The summed E-state index contributed by atoms with van der Waals surface area (Å²) in [5.74, 6) is 1.36. The fraction of sp³-hybridized carbons (Fsp3) is 0.269. The second-order valence-electron chi connectivity index (χ2n) is 9.77. The monoisotopic (exact) mass is 523 g/mol. The number of hydrogen-bond acceptors (Lipinski definition) is 7. The molecule has 0 radical (unpaired) electrons. The van der Waals surface area contributed by atoms with E-state index in [0.717, 1.165) is 24.1 Å². The van der Waals surface area contributed by atoms with Crippen molar-refractivity contribution in [3.63, 3.8) is 0 Å². The van der Waals surface area contributed by atoms with E-state index in [1.54, 1.807) is 30.5 Å². The lowest BCUT2D eigenvalue weighted by atomic mass is 10.2. The molecule has 4 rings (SSSR count). The van der Waals surface area contributed by atoms with Gasteiger partial charge in [-0.15, -0.1) is 0 Å². The number of carbonyl (C=O) groups is 1. The third-order valence-corrected chi connectivity index (χ3v) is 8.43. The van der Waals surface area contributed by atoms with E-state index in [-0.39, 0.29) is 11.6 Å². The zero-order valence-electron chi connectivity index (χ0n) is 20.8. The molecule has 0 aliphatic carbocycles. The Labute approximate surface area is 211 Å². The van der Waals surface area contributed by atoms with Crippen molar-refractivity contribution in [2.45, 2.75) is 37.3 Å². The normalized spacial score (nSPS) is 12.1. The van der Waals surface area contributed by atoms with E-state index in [1.807, 2.05) is 22.8 Å². The summed E-state index contributed by atoms with van der Waals surface area (Å²) in [6.45, 7) is 7.82. The number of nitrogens with zero attached hydrogens (tertiary/aromatic N) is 3. The maximum atomic E-state index is 12.0. The molecule has 0 saturated carbocycles. The first kappa shape index (κ1) is 25.7. The van der Waals surface area contributed by atoms with E-state index >= 15 is 0 Å². The van der Waals surface area contributed by atoms with Crippen LogP contribution in [-0.4, -0.2) is 50.2 Å². The Kier molecular flexibility index (Phi) is 7.39. The van der Waals surface area contributed by atoms with Gasteiger partial charge >= 0.3 is 0 Å². The Morgan fingerprint density at radius 1 is 1.06 bits per heavy atom. The second-order valence-corrected chi connectivity index (χ2v) is 17.4. The summed E-state index contributed by atoms with van der Waals surface area (Å²) in [6, 6.07) is 16.1. The van der Waals surface area contributed by atoms with Gasteiger partial charge in [-0.05, 0) is 48.5 Å². The van der Waals surface area contributed by atoms with Crippen molar-refractivity contribution < 1.29 is 22.7 Å². The molecule has 0 bridgehead atoms. The highest BCUT2D eigenvalue weighted by atomic mass is 32.2. The summed E-state index contributed by atoms with van der Waals surface area (Å²) < 4.78 is 37.4. The molecule has 10 heteroatoms. The molecule has 2 aromatic heterocycles. The van der Waals surface area contributed by atoms with Crippen molar-refractivity contribution in [3.8, 4) is 23.0 Å². The predicted octanol–water partition coefficient (Wildman–Crippen LogP) is 5.42. The van der Waals surface area contributed by atoms with Gasteiger partial charge in [0.05, 0.1) is 21.5 Å². The van der Waals surface area contributed by atoms with E-state index in [0.29, 0.717) is 40.7 Å². The second kappa shape index (κ2) is 10.3. The van der Waals surface area contributed by atoms with Gasteiger partial charge in [0.15, 0.2) is 21.9 Å². The summed E-state index contributed by atoms with van der Waals surface area (Å²) in [5, 5.41) is 0. The molecule has 2 heterocycles. The van der Waals surface area contributed by atoms with Crippen molar-refractivity contribution in [3.05, 3.63) is 66.4 Å². The van der Waals surface area contributed by atoms with Gasteiger partial charge in [0, 0.05) is 33.2 Å². The molecule has 4 aromatic rings. The quantitative estimate of drug-likeness (QED) is 0.155. The van der Waals surface area contributed by atoms with Crippen LogP contribution < -0.4 is 4.74 Å². The number of fused-ring (bicyclic) bond motifs is 1. The minimum atomic E-state index is -3.32. The zero-order valence-corrected chi connectivity index (χ0v) is 22.6. The number of rotatable bonds is 10. The summed E-state index contributed by atoms with van der Waals surface area (Å²) in [4.78, 5) is 21.4. The number of sulfone groups is 1. The largest absolute Gasteiger partial charge is 0.457 e. The van der Waals surface area contributed by atoms with E-state index in [9.17, 15) is 13.2 Å². The van der Waals surface area contributed by atoms with Crippen LogP contribution in [0.25, 0.3) is 22.6 Å². The van der Waals surface area contributed by atoms with Gasteiger partial charge in [-0.1, -0.05) is 25.7 Å². The van der Waals surface area contributed by atoms with Crippen LogP contribution in [-0.2, 0) is 21.3 Å². The Balaban J connectivity index is 1.71. The van der Waals surface area contributed by atoms with Gasteiger partial charge in [-0.25, -0.2) is 13.4 Å². The van der Waals surface area contributed by atoms with Crippen LogP contribution in [0.2, 0.25) is 25.7 Å². The first-order chi connectivity index (χ1) is 17.0. The zero-order chi connectivity index (χ0) is 25.9. The van der Waals surface area contributed by atoms with Gasteiger partial charge in [-0.2, -0.15) is 0 Å². The summed E-state index contributed by atoms with van der Waals surface area (Å²) in [6.07, 6.45) is 3.58. The Bertz CT molecular complexity index is 1480. The van der Waals surface area contributed by atoms with Gasteiger partial charge in [0.2, 0.25) is 0 Å². The fourth-order valence-electron chi connectivity index (χ4n) is 3.59. The Hall–Kier alpha value is -3.34. The molecule has 36 heavy (non-hydrogen) atoms. The number of imidazole rings is 1. The smallest absolute Gasteiger partial charge is 0.175 e. The van der Waals surface area contributed by atoms with Crippen molar-refractivity contribution >= 4 is 35.2 Å². The van der Waals surface area contributed by atoms with Gasteiger partial charge in [0.25, 0.3) is 0 Å². The molecule has 0 saturated heterocycles. The first-order valence-electron chi connectivity index (χ1n) is 11.5. The van der Waals surface area contributed by atoms with Crippen molar-refractivity contribution in [2.24, 2.45) is 0 Å². The van der Waals surface area contributed by atoms with Crippen LogP contribution in [0.4, 0.5) is 0 Å². The van der Waals surface area contributed by atoms with Crippen LogP contribution in [0.1, 0.15) is 10.4 Å². The highest BCUT2D eigenvalue weighted by molar-refractivity contribution is 7.90. The molecule has 0 unspecified atom stereocenters. The molecule has 0 aliphatic heterocycles. The lowest BCUT2D eigenvalue weighted by molar-refractivity contribution is 0.0908. The first-order valence-corrected chi connectivity index (χ1v) is 17.1. The standard InChI is InChI=1S/C26H29N3O5SSi/c1-35(31,32)21-10-8-20(9-11-21)34-25-16-23-24(15-19(25)17-30)29(18-33-13-14-36(2,3)4)26(28-23)22-7-5-6-12-27-22/h5-12,15-17H,13-14,18H2,1-4H3. The minimum absolute atomic E-state index is 0.189.